The van der Waals surface area contributed by atoms with E-state index in [9.17, 15) is 4.79 Å². The minimum Gasteiger partial charge on any atom is -0.403 e. The van der Waals surface area contributed by atoms with Crippen molar-refractivity contribution < 1.29 is 14.1 Å². The third-order valence-corrected chi connectivity index (χ3v) is 5.51. The number of carbonyl (C=O) groups excluding carboxylic acids is 1. The quantitative estimate of drug-likeness (QED) is 0.531. The van der Waals surface area contributed by atoms with Crippen LogP contribution in [0.25, 0.3) is 6.08 Å². The molecule has 3 nitrogen and oxygen atoms in total. The SMILES string of the molecule is CC1(C)OB(C(CC(=O)C=Cc2ccccc2)c2ccccc2)OC1(C)C. The first-order chi connectivity index (χ1) is 12.8. The van der Waals surface area contributed by atoms with Crippen molar-refractivity contribution in [3.63, 3.8) is 0 Å². The van der Waals surface area contributed by atoms with Crippen molar-refractivity contribution in [1.29, 1.82) is 0 Å². The molecule has 0 aromatic heterocycles. The second-order valence-corrected chi connectivity index (χ2v) is 8.06. The minimum atomic E-state index is -0.452. The van der Waals surface area contributed by atoms with Gasteiger partial charge in [-0.25, -0.2) is 0 Å². The molecule has 1 atom stereocenters. The number of hydrogen-bond acceptors (Lipinski definition) is 3. The van der Waals surface area contributed by atoms with Crippen LogP contribution in [-0.2, 0) is 14.1 Å². The van der Waals surface area contributed by atoms with Gasteiger partial charge in [0, 0.05) is 12.2 Å². The van der Waals surface area contributed by atoms with Crippen molar-refractivity contribution in [1.82, 2.24) is 0 Å². The Hall–Kier alpha value is -2.17. The number of hydrogen-bond donors (Lipinski definition) is 0. The Kier molecular flexibility index (Phi) is 5.68. The fraction of sp³-hybridized carbons (Fsp3) is 0.348. The van der Waals surface area contributed by atoms with Crippen LogP contribution in [0.5, 0.6) is 0 Å². The molecule has 2 aromatic rings. The number of rotatable bonds is 6. The van der Waals surface area contributed by atoms with E-state index in [4.69, 9.17) is 9.31 Å². The van der Waals surface area contributed by atoms with Gasteiger partial charge in [-0.15, -0.1) is 0 Å². The minimum absolute atomic E-state index is 0.0578. The second-order valence-electron chi connectivity index (χ2n) is 8.06. The topological polar surface area (TPSA) is 35.5 Å². The lowest BCUT2D eigenvalue weighted by Gasteiger charge is -2.32. The Balaban J connectivity index is 1.79. The van der Waals surface area contributed by atoms with Crippen molar-refractivity contribution in [3.05, 3.63) is 77.9 Å². The molecule has 4 heteroatoms. The third-order valence-electron chi connectivity index (χ3n) is 5.51. The molecule has 0 radical (unpaired) electrons. The molecular weight excluding hydrogens is 335 g/mol. The van der Waals surface area contributed by atoms with Crippen LogP contribution in [0.1, 0.15) is 51.1 Å². The van der Waals surface area contributed by atoms with E-state index in [1.54, 1.807) is 6.08 Å². The monoisotopic (exact) mass is 362 g/mol. The zero-order valence-electron chi connectivity index (χ0n) is 16.5. The molecule has 1 aliphatic rings. The van der Waals surface area contributed by atoms with Crippen LogP contribution in [-0.4, -0.2) is 24.1 Å². The first-order valence-corrected chi connectivity index (χ1v) is 9.45. The van der Waals surface area contributed by atoms with Gasteiger partial charge in [0.05, 0.1) is 11.2 Å². The van der Waals surface area contributed by atoms with Gasteiger partial charge >= 0.3 is 7.12 Å². The third kappa shape index (κ3) is 4.58. The lowest BCUT2D eigenvalue weighted by molar-refractivity contribution is -0.114. The van der Waals surface area contributed by atoms with Gasteiger partial charge in [0.15, 0.2) is 5.78 Å². The van der Waals surface area contributed by atoms with E-state index in [0.717, 1.165) is 11.1 Å². The van der Waals surface area contributed by atoms with Crippen LogP contribution in [0.15, 0.2) is 66.7 Å². The number of benzene rings is 2. The number of carbonyl (C=O) groups is 1. The molecular formula is C23H27BO3. The van der Waals surface area contributed by atoms with Crippen molar-refractivity contribution >= 4 is 19.0 Å². The van der Waals surface area contributed by atoms with Crippen LogP contribution in [0.3, 0.4) is 0 Å². The average molecular weight is 362 g/mol. The van der Waals surface area contributed by atoms with Crippen LogP contribution in [0.2, 0.25) is 0 Å². The van der Waals surface area contributed by atoms with E-state index in [-0.39, 0.29) is 11.6 Å². The first kappa shape index (κ1) is 19.6. The van der Waals surface area contributed by atoms with Gasteiger partial charge in [-0.1, -0.05) is 66.7 Å². The summed E-state index contributed by atoms with van der Waals surface area (Å²) in [4.78, 5) is 12.7. The maximum Gasteiger partial charge on any atom is 0.466 e. The van der Waals surface area contributed by atoms with Crippen LogP contribution in [0, 0.1) is 0 Å². The van der Waals surface area contributed by atoms with Gasteiger partial charge in [0.1, 0.15) is 0 Å². The van der Waals surface area contributed by atoms with E-state index in [2.05, 4.69) is 0 Å². The Morgan fingerprint density at radius 3 is 2.00 bits per heavy atom. The fourth-order valence-electron chi connectivity index (χ4n) is 3.16. The molecule has 0 amide bonds. The van der Waals surface area contributed by atoms with Crippen LogP contribution < -0.4 is 0 Å². The Bertz CT molecular complexity index is 781. The molecule has 1 aliphatic heterocycles. The summed E-state index contributed by atoms with van der Waals surface area (Å²) in [7, 11) is -0.452. The van der Waals surface area contributed by atoms with E-state index in [0.29, 0.717) is 6.42 Å². The molecule has 140 valence electrons. The molecule has 1 unspecified atom stereocenters. The molecule has 3 rings (SSSR count). The summed E-state index contributed by atoms with van der Waals surface area (Å²) >= 11 is 0. The summed E-state index contributed by atoms with van der Waals surface area (Å²) < 4.78 is 12.5. The van der Waals surface area contributed by atoms with E-state index in [1.807, 2.05) is 94.4 Å². The van der Waals surface area contributed by atoms with E-state index in [1.165, 1.54) is 0 Å². The summed E-state index contributed by atoms with van der Waals surface area (Å²) in [5, 5.41) is 0. The highest BCUT2D eigenvalue weighted by Crippen LogP contribution is 2.41. The van der Waals surface area contributed by atoms with Gasteiger partial charge in [-0.2, -0.15) is 0 Å². The molecule has 0 bridgehead atoms. The largest absolute Gasteiger partial charge is 0.466 e. The zero-order chi connectivity index (χ0) is 19.5. The molecule has 2 aromatic carbocycles. The predicted molar refractivity (Wildman–Crippen MR) is 110 cm³/mol. The van der Waals surface area contributed by atoms with Crippen LogP contribution >= 0.6 is 0 Å². The predicted octanol–water partition coefficient (Wildman–Crippen LogP) is 5.07. The summed E-state index contributed by atoms with van der Waals surface area (Å²) in [5.74, 6) is -0.0948. The second kappa shape index (κ2) is 7.83. The molecule has 1 heterocycles. The smallest absolute Gasteiger partial charge is 0.403 e. The number of ketones is 1. The van der Waals surface area contributed by atoms with E-state index < -0.39 is 18.3 Å². The Morgan fingerprint density at radius 2 is 1.44 bits per heavy atom. The van der Waals surface area contributed by atoms with Gasteiger partial charge < -0.3 is 9.31 Å². The van der Waals surface area contributed by atoms with Crippen molar-refractivity contribution in [2.24, 2.45) is 0 Å². The highest BCUT2D eigenvalue weighted by molar-refractivity contribution is 6.48. The Labute approximate surface area is 162 Å². The normalized spacial score (nSPS) is 19.3. The molecule has 1 fully saturated rings. The van der Waals surface area contributed by atoms with Gasteiger partial charge in [0.2, 0.25) is 0 Å². The van der Waals surface area contributed by atoms with E-state index >= 15 is 0 Å². The number of allylic oxidation sites excluding steroid dienone is 1. The maximum absolute atomic E-state index is 12.7. The van der Waals surface area contributed by atoms with Gasteiger partial charge in [-0.05, 0) is 44.9 Å². The highest BCUT2D eigenvalue weighted by atomic mass is 16.7. The lowest BCUT2D eigenvalue weighted by Crippen LogP contribution is -2.41. The van der Waals surface area contributed by atoms with Gasteiger partial charge in [0.25, 0.3) is 0 Å². The standard InChI is InChI=1S/C23H27BO3/c1-22(2)23(3,4)27-24(26-22)21(19-13-9-6-10-14-19)17-20(25)16-15-18-11-7-5-8-12-18/h5-16,21H,17H2,1-4H3. The summed E-state index contributed by atoms with van der Waals surface area (Å²) in [6.45, 7) is 8.14. The maximum atomic E-state index is 12.7. The van der Waals surface area contributed by atoms with Crippen molar-refractivity contribution in [3.8, 4) is 0 Å². The van der Waals surface area contributed by atoms with Crippen molar-refractivity contribution in [2.45, 2.75) is 51.1 Å². The lowest BCUT2D eigenvalue weighted by atomic mass is 9.65. The summed E-state index contributed by atoms with van der Waals surface area (Å²) in [6.07, 6.45) is 3.84. The zero-order valence-corrected chi connectivity index (χ0v) is 16.5. The fourth-order valence-corrected chi connectivity index (χ4v) is 3.16. The molecule has 0 aliphatic carbocycles. The van der Waals surface area contributed by atoms with Crippen molar-refractivity contribution in [2.75, 3.05) is 0 Å². The molecule has 1 saturated heterocycles. The molecule has 0 saturated carbocycles. The summed E-state index contributed by atoms with van der Waals surface area (Å²) in [6, 6.07) is 19.8. The first-order valence-electron chi connectivity index (χ1n) is 9.45. The Morgan fingerprint density at radius 1 is 0.926 bits per heavy atom. The molecule has 0 N–H and O–H groups in total. The van der Waals surface area contributed by atoms with Crippen LogP contribution in [0.4, 0.5) is 0 Å². The molecule has 27 heavy (non-hydrogen) atoms. The average Bonchev–Trinajstić information content (AvgIpc) is 2.87. The van der Waals surface area contributed by atoms with Gasteiger partial charge in [-0.3, -0.25) is 4.79 Å². The summed E-state index contributed by atoms with van der Waals surface area (Å²) in [5.41, 5.74) is 1.22. The highest BCUT2D eigenvalue weighted by Gasteiger charge is 2.54. The molecule has 0 spiro atoms.